The van der Waals surface area contributed by atoms with Crippen LogP contribution in [0.25, 0.3) is 16.7 Å². The minimum atomic E-state index is -0.243. The molecule has 4 rings (SSSR count). The van der Waals surface area contributed by atoms with Gasteiger partial charge in [-0.2, -0.15) is 5.10 Å². The minimum Gasteiger partial charge on any atom is -0.313 e. The van der Waals surface area contributed by atoms with Crippen molar-refractivity contribution in [2.24, 2.45) is 10.1 Å². The van der Waals surface area contributed by atoms with Gasteiger partial charge < -0.3 is 4.57 Å². The summed E-state index contributed by atoms with van der Waals surface area (Å²) in [6.07, 6.45) is 6.17. The van der Waals surface area contributed by atoms with E-state index in [0.29, 0.717) is 10.8 Å². The second-order valence-corrected chi connectivity index (χ2v) is 6.43. The Labute approximate surface area is 160 Å². The van der Waals surface area contributed by atoms with Crippen molar-refractivity contribution in [2.45, 2.75) is 13.0 Å². The zero-order valence-corrected chi connectivity index (χ0v) is 15.1. The third-order valence-corrected chi connectivity index (χ3v) is 4.36. The normalized spacial score (nSPS) is 13.4. The van der Waals surface area contributed by atoms with Crippen LogP contribution in [0.5, 0.6) is 0 Å². The fourth-order valence-electron chi connectivity index (χ4n) is 2.85. The van der Waals surface area contributed by atoms with Crippen molar-refractivity contribution < 1.29 is 4.79 Å². The zero-order chi connectivity index (χ0) is 18.6. The van der Waals surface area contributed by atoms with Gasteiger partial charge in [0.15, 0.2) is 5.82 Å². The molecule has 0 spiro atoms. The first-order valence-electron chi connectivity index (χ1n) is 8.46. The highest BCUT2D eigenvalue weighted by molar-refractivity contribution is 6.30. The minimum absolute atomic E-state index is 0.0979. The summed E-state index contributed by atoms with van der Waals surface area (Å²) in [6.45, 7) is 0.0979. The third kappa shape index (κ3) is 3.80. The van der Waals surface area contributed by atoms with E-state index < -0.39 is 0 Å². The van der Waals surface area contributed by atoms with E-state index in [0.717, 1.165) is 28.7 Å². The van der Waals surface area contributed by atoms with Crippen LogP contribution in [-0.4, -0.2) is 27.9 Å². The van der Waals surface area contributed by atoms with E-state index in [1.54, 1.807) is 18.3 Å². The van der Waals surface area contributed by atoms with Gasteiger partial charge in [-0.25, -0.2) is 10.4 Å². The maximum Gasteiger partial charge on any atom is 0.260 e. The van der Waals surface area contributed by atoms with E-state index in [4.69, 9.17) is 11.6 Å². The number of carbonyl (C=O) groups is 1. The van der Waals surface area contributed by atoms with Crippen molar-refractivity contribution in [3.05, 3.63) is 71.0 Å². The summed E-state index contributed by atoms with van der Waals surface area (Å²) in [5, 5.41) is 4.67. The number of aromatic nitrogens is 2. The van der Waals surface area contributed by atoms with Crippen LogP contribution in [0, 0.1) is 0 Å². The average molecular weight is 378 g/mol. The van der Waals surface area contributed by atoms with Gasteiger partial charge >= 0.3 is 0 Å². The zero-order valence-electron chi connectivity index (χ0n) is 14.3. The first-order valence-corrected chi connectivity index (χ1v) is 8.84. The van der Waals surface area contributed by atoms with Crippen molar-refractivity contribution in [3.63, 3.8) is 0 Å². The van der Waals surface area contributed by atoms with Crippen molar-refractivity contribution in [1.29, 1.82) is 0 Å². The topological polar surface area (TPSA) is 71.6 Å². The number of amides is 1. The molecule has 7 heteroatoms. The third-order valence-electron chi connectivity index (χ3n) is 4.11. The molecular formula is C20H16ClN5O. The summed E-state index contributed by atoms with van der Waals surface area (Å²) < 4.78 is 1.86. The van der Waals surface area contributed by atoms with Crippen LogP contribution in [-0.2, 0) is 11.3 Å². The molecule has 2 aromatic carbocycles. The number of imidazole rings is 1. The number of nitrogens with zero attached hydrogens (tertiary/aromatic N) is 4. The van der Waals surface area contributed by atoms with Gasteiger partial charge in [0.1, 0.15) is 12.2 Å². The number of hydrazone groups is 1. The molecule has 1 N–H and O–H groups in total. The number of carbonyl (C=O) groups excluding carboxylic acids is 1. The summed E-state index contributed by atoms with van der Waals surface area (Å²) in [6, 6.07) is 14.9. The van der Waals surface area contributed by atoms with E-state index in [2.05, 4.69) is 20.5 Å². The summed E-state index contributed by atoms with van der Waals surface area (Å²) in [5.74, 6) is 0.439. The Bertz CT molecular complexity index is 1080. The molecule has 3 aromatic rings. The number of allylic oxidation sites excluding steroid dienone is 1. The molecule has 0 fully saturated rings. The lowest BCUT2D eigenvalue weighted by Gasteiger charge is -2.07. The molecule has 27 heavy (non-hydrogen) atoms. The number of fused-ring (bicyclic) bond motifs is 1. The van der Waals surface area contributed by atoms with Gasteiger partial charge in [0.25, 0.3) is 5.91 Å². The molecule has 0 radical (unpaired) electrons. The molecule has 1 aliphatic rings. The van der Waals surface area contributed by atoms with E-state index in [9.17, 15) is 4.79 Å². The summed E-state index contributed by atoms with van der Waals surface area (Å²) >= 11 is 5.85. The van der Waals surface area contributed by atoms with Crippen LogP contribution in [0.3, 0.4) is 0 Å². The lowest BCUT2D eigenvalue weighted by molar-refractivity contribution is -0.121. The first kappa shape index (κ1) is 17.2. The van der Waals surface area contributed by atoms with E-state index >= 15 is 0 Å². The Morgan fingerprint density at radius 1 is 1.22 bits per heavy atom. The second kappa shape index (κ2) is 7.55. The lowest BCUT2D eigenvalue weighted by atomic mass is 10.2. The molecule has 1 aromatic heterocycles. The summed E-state index contributed by atoms with van der Waals surface area (Å²) in [5.41, 5.74) is 5.89. The Hall–Kier alpha value is -3.25. The largest absolute Gasteiger partial charge is 0.313 e. The van der Waals surface area contributed by atoms with Crippen LogP contribution in [0.4, 0.5) is 0 Å². The van der Waals surface area contributed by atoms with Crippen molar-refractivity contribution in [1.82, 2.24) is 15.0 Å². The molecule has 0 saturated carbocycles. The number of nitrogens with one attached hydrogen (secondary N) is 1. The smallest absolute Gasteiger partial charge is 0.260 e. The number of hydrogen-bond acceptors (Lipinski definition) is 4. The lowest BCUT2D eigenvalue weighted by Crippen LogP contribution is -2.24. The van der Waals surface area contributed by atoms with Gasteiger partial charge in [-0.1, -0.05) is 35.9 Å². The molecule has 0 saturated heterocycles. The van der Waals surface area contributed by atoms with Crippen LogP contribution in [0.1, 0.15) is 17.8 Å². The Morgan fingerprint density at radius 3 is 2.81 bits per heavy atom. The number of benzene rings is 2. The Morgan fingerprint density at radius 2 is 2.04 bits per heavy atom. The predicted molar refractivity (Wildman–Crippen MR) is 108 cm³/mol. The molecule has 2 heterocycles. The number of hydrogen-bond donors (Lipinski definition) is 1. The van der Waals surface area contributed by atoms with Crippen LogP contribution < -0.4 is 5.43 Å². The van der Waals surface area contributed by atoms with Crippen molar-refractivity contribution in [3.8, 4) is 0 Å². The summed E-state index contributed by atoms with van der Waals surface area (Å²) in [4.78, 5) is 21.4. The highest BCUT2D eigenvalue weighted by atomic mass is 35.5. The Balaban J connectivity index is 1.53. The molecular weight excluding hydrogens is 362 g/mol. The monoisotopic (exact) mass is 377 g/mol. The molecule has 0 aliphatic carbocycles. The second-order valence-electron chi connectivity index (χ2n) is 5.99. The number of aliphatic imine (C=N–C) groups is 1. The van der Waals surface area contributed by atoms with E-state index in [-0.39, 0.29) is 12.5 Å². The molecule has 0 unspecified atom stereocenters. The van der Waals surface area contributed by atoms with Gasteiger partial charge in [0.05, 0.1) is 17.2 Å². The maximum absolute atomic E-state index is 12.4. The van der Waals surface area contributed by atoms with E-state index in [1.807, 2.05) is 53.3 Å². The predicted octanol–water partition coefficient (Wildman–Crippen LogP) is 3.66. The van der Waals surface area contributed by atoms with Gasteiger partial charge in [-0.15, -0.1) is 0 Å². The fraction of sp³-hybridized carbons (Fsp3) is 0.100. The SMILES string of the molecule is O=C(Cn1c(C2=CCC=N2)nc2ccccc21)NN=Cc1ccc(Cl)cc1. The molecule has 6 nitrogen and oxygen atoms in total. The van der Waals surface area contributed by atoms with E-state index in [1.165, 1.54) is 0 Å². The van der Waals surface area contributed by atoms with Gasteiger partial charge in [-0.3, -0.25) is 9.79 Å². The highest BCUT2D eigenvalue weighted by Gasteiger charge is 2.17. The quantitative estimate of drug-likeness (QED) is 0.544. The van der Waals surface area contributed by atoms with Crippen molar-refractivity contribution >= 4 is 46.7 Å². The van der Waals surface area contributed by atoms with Gasteiger partial charge in [-0.05, 0) is 35.9 Å². The summed E-state index contributed by atoms with van der Waals surface area (Å²) in [7, 11) is 0. The van der Waals surface area contributed by atoms with Crippen molar-refractivity contribution in [2.75, 3.05) is 0 Å². The standard InChI is InChI=1S/C20H16ClN5O/c21-15-9-7-14(8-10-15)12-23-25-19(27)13-26-18-6-2-1-4-16(18)24-20(26)17-5-3-11-22-17/h1-2,4-12H,3,13H2,(H,25,27). The highest BCUT2D eigenvalue weighted by Crippen LogP contribution is 2.24. The van der Waals surface area contributed by atoms with Gasteiger partial charge in [0.2, 0.25) is 0 Å². The number of para-hydroxylation sites is 2. The Kier molecular flexibility index (Phi) is 4.80. The van der Waals surface area contributed by atoms with Crippen LogP contribution in [0.15, 0.2) is 64.7 Å². The van der Waals surface area contributed by atoms with Gasteiger partial charge in [0, 0.05) is 17.7 Å². The molecule has 1 aliphatic heterocycles. The first-order chi connectivity index (χ1) is 13.2. The van der Waals surface area contributed by atoms with Crippen LogP contribution >= 0.6 is 11.6 Å². The maximum atomic E-state index is 12.4. The molecule has 1 amide bonds. The van der Waals surface area contributed by atoms with Crippen LogP contribution in [0.2, 0.25) is 5.02 Å². The molecule has 0 atom stereocenters. The molecule has 134 valence electrons. The average Bonchev–Trinajstić information content (AvgIpc) is 3.32. The number of halogens is 1. The molecule has 0 bridgehead atoms. The fourth-order valence-corrected chi connectivity index (χ4v) is 2.98. The number of rotatable bonds is 5.